The van der Waals surface area contributed by atoms with E-state index in [9.17, 15) is 0 Å². The van der Waals surface area contributed by atoms with Crippen LogP contribution in [0, 0.1) is 0 Å². The van der Waals surface area contributed by atoms with E-state index in [2.05, 4.69) is 20.3 Å². The number of rotatable bonds is 8. The summed E-state index contributed by atoms with van der Waals surface area (Å²) in [6.07, 6.45) is 2.05. The molecule has 152 valence electrons. The van der Waals surface area contributed by atoms with Crippen molar-refractivity contribution < 1.29 is 9.26 Å². The maximum Gasteiger partial charge on any atom is 0.237 e. The molecule has 2 heterocycles. The summed E-state index contributed by atoms with van der Waals surface area (Å²) in [6, 6.07) is 19.8. The van der Waals surface area contributed by atoms with Gasteiger partial charge in [-0.25, -0.2) is 0 Å². The largest absolute Gasteiger partial charge is 0.494 e. The predicted octanol–water partition coefficient (Wildman–Crippen LogP) is 5.61. The second kappa shape index (κ2) is 9.77. The number of aromatic nitrogens is 4. The molecule has 6 nitrogen and oxygen atoms in total. The highest BCUT2D eigenvalue weighted by atomic mass is 32.2. The molecule has 4 rings (SSSR count). The van der Waals surface area contributed by atoms with Crippen molar-refractivity contribution in [2.24, 2.45) is 0 Å². The first-order valence-corrected chi connectivity index (χ1v) is 11.6. The molecule has 0 saturated carbocycles. The Morgan fingerprint density at radius 2 is 1.67 bits per heavy atom. The Kier molecular flexibility index (Phi) is 6.66. The molecule has 0 amide bonds. The summed E-state index contributed by atoms with van der Waals surface area (Å²) in [4.78, 5) is 5.67. The summed E-state index contributed by atoms with van der Waals surface area (Å²) in [6.45, 7) is 2.62. The average molecular weight is 437 g/mol. The maximum atomic E-state index is 5.47. The smallest absolute Gasteiger partial charge is 0.237 e. The molecule has 4 aromatic rings. The van der Waals surface area contributed by atoms with Gasteiger partial charge in [0, 0.05) is 16.0 Å². The van der Waals surface area contributed by atoms with E-state index in [0.29, 0.717) is 24.1 Å². The summed E-state index contributed by atoms with van der Waals surface area (Å²) in [5, 5.41) is 13.5. The van der Waals surface area contributed by atoms with E-state index < -0.39 is 0 Å². The summed E-state index contributed by atoms with van der Waals surface area (Å²) in [7, 11) is 0. The standard InChI is InChI=1S/C22H20N4O2S2/c1-3-27-17-8-4-15(5-9-17)19-12-13-21(25-24-19)30-14-20-23-22(26-28-20)16-6-10-18(29-2)11-7-16/h4-13H,3,14H2,1-2H3. The lowest BCUT2D eigenvalue weighted by Crippen LogP contribution is -1.92. The number of ether oxygens (including phenoxy) is 1. The molecule has 0 aliphatic rings. The minimum Gasteiger partial charge on any atom is -0.494 e. The summed E-state index contributed by atoms with van der Waals surface area (Å²) in [5.74, 6) is 2.53. The average Bonchev–Trinajstić information content (AvgIpc) is 3.28. The van der Waals surface area contributed by atoms with Gasteiger partial charge in [0.1, 0.15) is 10.8 Å². The second-order valence-corrected chi connectivity index (χ2v) is 8.12. The topological polar surface area (TPSA) is 73.9 Å². The third-order valence-electron chi connectivity index (χ3n) is 4.26. The number of hydrogen-bond donors (Lipinski definition) is 0. The van der Waals surface area contributed by atoms with Crippen LogP contribution in [0.1, 0.15) is 12.8 Å². The molecule has 0 spiro atoms. The van der Waals surface area contributed by atoms with Gasteiger partial charge in [-0.05, 0) is 73.8 Å². The van der Waals surface area contributed by atoms with Crippen molar-refractivity contribution in [3.8, 4) is 28.4 Å². The van der Waals surface area contributed by atoms with E-state index in [0.717, 1.165) is 27.6 Å². The fraction of sp³-hybridized carbons (Fsp3) is 0.182. The zero-order chi connectivity index (χ0) is 20.8. The quantitative estimate of drug-likeness (QED) is 0.330. The lowest BCUT2D eigenvalue weighted by atomic mass is 10.1. The van der Waals surface area contributed by atoms with Gasteiger partial charge in [0.15, 0.2) is 0 Å². The fourth-order valence-corrected chi connectivity index (χ4v) is 3.81. The predicted molar refractivity (Wildman–Crippen MR) is 120 cm³/mol. The van der Waals surface area contributed by atoms with Crippen LogP contribution >= 0.6 is 23.5 Å². The lowest BCUT2D eigenvalue weighted by Gasteiger charge is -2.04. The van der Waals surface area contributed by atoms with Gasteiger partial charge < -0.3 is 9.26 Å². The fourth-order valence-electron chi connectivity index (χ4n) is 2.75. The van der Waals surface area contributed by atoms with E-state index in [-0.39, 0.29) is 0 Å². The maximum absolute atomic E-state index is 5.47. The minimum atomic E-state index is 0.535. The molecule has 30 heavy (non-hydrogen) atoms. The van der Waals surface area contributed by atoms with Crippen molar-refractivity contribution in [1.29, 1.82) is 0 Å². The van der Waals surface area contributed by atoms with Crippen molar-refractivity contribution in [3.63, 3.8) is 0 Å². The highest BCUT2D eigenvalue weighted by molar-refractivity contribution is 7.98. The minimum absolute atomic E-state index is 0.535. The van der Waals surface area contributed by atoms with Crippen LogP contribution in [0.2, 0.25) is 0 Å². The van der Waals surface area contributed by atoms with Crippen LogP contribution in [0.15, 0.2) is 75.1 Å². The van der Waals surface area contributed by atoms with Gasteiger partial charge in [0.2, 0.25) is 11.7 Å². The van der Waals surface area contributed by atoms with Crippen LogP contribution in [-0.2, 0) is 5.75 Å². The van der Waals surface area contributed by atoms with Gasteiger partial charge in [-0.1, -0.05) is 16.9 Å². The lowest BCUT2D eigenvalue weighted by molar-refractivity contribution is 0.340. The van der Waals surface area contributed by atoms with Crippen molar-refractivity contribution in [3.05, 3.63) is 66.6 Å². The highest BCUT2D eigenvalue weighted by Crippen LogP contribution is 2.25. The Bertz CT molecular complexity index is 1080. The molecule has 0 fully saturated rings. The molecular formula is C22H20N4O2S2. The van der Waals surface area contributed by atoms with E-state index in [4.69, 9.17) is 9.26 Å². The van der Waals surface area contributed by atoms with Gasteiger partial charge in [-0.2, -0.15) is 4.98 Å². The summed E-state index contributed by atoms with van der Waals surface area (Å²) >= 11 is 3.21. The van der Waals surface area contributed by atoms with Gasteiger partial charge in [0.05, 0.1) is 18.1 Å². The first-order valence-electron chi connectivity index (χ1n) is 9.42. The van der Waals surface area contributed by atoms with Crippen LogP contribution < -0.4 is 4.74 Å². The van der Waals surface area contributed by atoms with Crippen molar-refractivity contribution >= 4 is 23.5 Å². The molecule has 0 aliphatic heterocycles. The number of thioether (sulfide) groups is 2. The zero-order valence-corrected chi connectivity index (χ0v) is 18.2. The van der Waals surface area contributed by atoms with Gasteiger partial charge in [0.25, 0.3) is 0 Å². The third kappa shape index (κ3) is 5.01. The summed E-state index contributed by atoms with van der Waals surface area (Å²) in [5.41, 5.74) is 2.75. The normalized spacial score (nSPS) is 10.9. The molecule has 8 heteroatoms. The zero-order valence-electron chi connectivity index (χ0n) is 16.6. The molecule has 0 aliphatic carbocycles. The van der Waals surface area contributed by atoms with Crippen molar-refractivity contribution in [2.45, 2.75) is 22.6 Å². The second-order valence-electron chi connectivity index (χ2n) is 6.24. The van der Waals surface area contributed by atoms with Gasteiger partial charge in [-0.15, -0.1) is 22.0 Å². The van der Waals surface area contributed by atoms with E-state index in [1.54, 1.807) is 11.8 Å². The van der Waals surface area contributed by atoms with Crippen LogP contribution in [0.25, 0.3) is 22.6 Å². The Balaban J connectivity index is 1.36. The monoisotopic (exact) mass is 436 g/mol. The van der Waals surface area contributed by atoms with E-state index in [1.165, 1.54) is 16.7 Å². The number of hydrogen-bond acceptors (Lipinski definition) is 8. The van der Waals surface area contributed by atoms with Crippen LogP contribution in [0.4, 0.5) is 0 Å². The van der Waals surface area contributed by atoms with Gasteiger partial charge >= 0.3 is 0 Å². The molecule has 0 atom stereocenters. The Morgan fingerprint density at radius 1 is 0.900 bits per heavy atom. The SMILES string of the molecule is CCOc1ccc(-c2ccc(SCc3nc(-c4ccc(SC)cc4)no3)nn2)cc1. The Morgan fingerprint density at radius 3 is 2.33 bits per heavy atom. The molecule has 2 aromatic heterocycles. The van der Waals surface area contributed by atoms with Crippen molar-refractivity contribution in [2.75, 3.05) is 12.9 Å². The molecule has 0 radical (unpaired) electrons. The van der Waals surface area contributed by atoms with E-state index in [1.807, 2.05) is 73.8 Å². The molecule has 0 unspecified atom stereocenters. The molecule has 0 N–H and O–H groups in total. The molecular weight excluding hydrogens is 416 g/mol. The molecule has 0 bridgehead atoms. The number of benzene rings is 2. The Labute approximate surface area is 183 Å². The first-order chi connectivity index (χ1) is 14.7. The van der Waals surface area contributed by atoms with Gasteiger partial charge in [-0.3, -0.25) is 0 Å². The van der Waals surface area contributed by atoms with Crippen molar-refractivity contribution in [1.82, 2.24) is 20.3 Å². The summed E-state index contributed by atoms with van der Waals surface area (Å²) < 4.78 is 10.8. The molecule has 0 saturated heterocycles. The van der Waals surface area contributed by atoms with E-state index >= 15 is 0 Å². The highest BCUT2D eigenvalue weighted by Gasteiger charge is 2.10. The van der Waals surface area contributed by atoms with Crippen LogP contribution in [-0.4, -0.2) is 33.2 Å². The molecule has 2 aromatic carbocycles. The van der Waals surface area contributed by atoms with Crippen LogP contribution in [0.5, 0.6) is 5.75 Å². The number of nitrogens with zero attached hydrogens (tertiary/aromatic N) is 4. The Hall–Kier alpha value is -2.84. The first kappa shape index (κ1) is 20.4. The van der Waals surface area contributed by atoms with Crippen LogP contribution in [0.3, 0.4) is 0 Å². The third-order valence-corrected chi connectivity index (χ3v) is 5.91.